The molecule has 2 heterocycles. The first-order chi connectivity index (χ1) is 11.9. The molecule has 0 aliphatic carbocycles. The fourth-order valence-corrected chi connectivity index (χ4v) is 3.69. The van der Waals surface area contributed by atoms with E-state index in [1.54, 1.807) is 31.4 Å². The Labute approximate surface area is 161 Å². The average Bonchev–Trinajstić information content (AvgIpc) is 2.58. The maximum absolute atomic E-state index is 11.9. The number of benzene rings is 1. The van der Waals surface area contributed by atoms with E-state index >= 15 is 0 Å². The van der Waals surface area contributed by atoms with Gasteiger partial charge in [0.15, 0.2) is 0 Å². The van der Waals surface area contributed by atoms with Crippen LogP contribution in [0.3, 0.4) is 0 Å². The van der Waals surface area contributed by atoms with Crippen LogP contribution in [-0.2, 0) is 7.05 Å². The molecule has 3 rings (SSSR count). The van der Waals surface area contributed by atoms with Crippen LogP contribution in [0.5, 0.6) is 5.75 Å². The molecule has 134 valence electrons. The van der Waals surface area contributed by atoms with Crippen LogP contribution in [0.2, 0.25) is 15.1 Å². The van der Waals surface area contributed by atoms with E-state index in [0.29, 0.717) is 34.0 Å². The van der Waals surface area contributed by atoms with Crippen molar-refractivity contribution in [3.8, 4) is 5.75 Å². The summed E-state index contributed by atoms with van der Waals surface area (Å²) in [5.74, 6) is 1.10. The molecular formula is C17H18Cl3N3O2. The Kier molecular flexibility index (Phi) is 5.77. The molecule has 0 radical (unpaired) electrons. The van der Waals surface area contributed by atoms with Gasteiger partial charge in [-0.3, -0.25) is 4.79 Å². The summed E-state index contributed by atoms with van der Waals surface area (Å²) in [4.78, 5) is 14.0. The molecule has 0 amide bonds. The van der Waals surface area contributed by atoms with Gasteiger partial charge < -0.3 is 9.64 Å². The molecule has 0 spiro atoms. The number of ether oxygens (including phenoxy) is 1. The highest BCUT2D eigenvalue weighted by atomic mass is 35.5. The molecule has 1 fully saturated rings. The van der Waals surface area contributed by atoms with Crippen molar-refractivity contribution in [1.82, 2.24) is 9.78 Å². The van der Waals surface area contributed by atoms with Crippen LogP contribution in [0.15, 0.2) is 29.2 Å². The molecule has 1 aromatic heterocycles. The van der Waals surface area contributed by atoms with E-state index in [1.807, 2.05) is 0 Å². The van der Waals surface area contributed by atoms with E-state index in [9.17, 15) is 4.79 Å². The maximum atomic E-state index is 11.9. The molecule has 2 aromatic rings. The van der Waals surface area contributed by atoms with Gasteiger partial charge in [0, 0.05) is 30.2 Å². The normalized spacial score (nSPS) is 15.4. The third-order valence-corrected chi connectivity index (χ3v) is 5.13. The van der Waals surface area contributed by atoms with Crippen molar-refractivity contribution in [1.29, 1.82) is 0 Å². The van der Waals surface area contributed by atoms with Gasteiger partial charge >= 0.3 is 0 Å². The fraction of sp³-hybridized carbons (Fsp3) is 0.412. The number of piperidine rings is 1. The number of hydrogen-bond donors (Lipinski definition) is 0. The Balaban J connectivity index is 1.57. The van der Waals surface area contributed by atoms with Gasteiger partial charge in [0.2, 0.25) is 0 Å². The Hall–Kier alpha value is -1.43. The summed E-state index contributed by atoms with van der Waals surface area (Å²) >= 11 is 18.1. The van der Waals surface area contributed by atoms with Gasteiger partial charge in [-0.15, -0.1) is 0 Å². The third kappa shape index (κ3) is 4.40. The second kappa shape index (κ2) is 7.85. The Morgan fingerprint density at radius 1 is 1.16 bits per heavy atom. The van der Waals surface area contributed by atoms with Gasteiger partial charge in [-0.2, -0.15) is 5.10 Å². The predicted molar refractivity (Wildman–Crippen MR) is 101 cm³/mol. The minimum Gasteiger partial charge on any atom is -0.493 e. The smallest absolute Gasteiger partial charge is 0.287 e. The zero-order valence-electron chi connectivity index (χ0n) is 13.7. The van der Waals surface area contributed by atoms with E-state index in [1.165, 1.54) is 4.68 Å². The Morgan fingerprint density at radius 2 is 1.80 bits per heavy atom. The molecule has 5 nitrogen and oxygen atoms in total. The largest absolute Gasteiger partial charge is 0.493 e. The lowest BCUT2D eigenvalue weighted by Gasteiger charge is -2.33. The zero-order valence-corrected chi connectivity index (χ0v) is 16.0. The van der Waals surface area contributed by atoms with Crippen molar-refractivity contribution < 1.29 is 4.74 Å². The van der Waals surface area contributed by atoms with E-state index in [2.05, 4.69) is 10.00 Å². The van der Waals surface area contributed by atoms with E-state index in [0.717, 1.165) is 25.9 Å². The molecule has 0 unspecified atom stereocenters. The maximum Gasteiger partial charge on any atom is 0.287 e. The molecule has 25 heavy (non-hydrogen) atoms. The van der Waals surface area contributed by atoms with Gasteiger partial charge in [0.25, 0.3) is 5.56 Å². The second-order valence-corrected chi connectivity index (χ2v) is 7.37. The standard InChI is InChI=1S/C17H18Cl3N3O2/c1-22-17(24)16(20)15(9-21-22)23-4-2-11(3-5-23)10-25-14-7-12(18)6-13(19)8-14/h6-9,11H,2-5,10H2,1H3. The lowest BCUT2D eigenvalue weighted by Crippen LogP contribution is -2.37. The van der Waals surface area contributed by atoms with E-state index < -0.39 is 0 Å². The first kappa shape index (κ1) is 18.4. The summed E-state index contributed by atoms with van der Waals surface area (Å²) < 4.78 is 7.07. The van der Waals surface area contributed by atoms with Crippen molar-refractivity contribution in [2.24, 2.45) is 13.0 Å². The van der Waals surface area contributed by atoms with Crippen LogP contribution in [0, 0.1) is 5.92 Å². The minimum atomic E-state index is -0.276. The van der Waals surface area contributed by atoms with Crippen molar-refractivity contribution in [2.75, 3.05) is 24.6 Å². The molecular weight excluding hydrogens is 385 g/mol. The summed E-state index contributed by atoms with van der Waals surface area (Å²) in [6, 6.07) is 5.19. The Bertz CT molecular complexity index is 797. The van der Waals surface area contributed by atoms with E-state index in [-0.39, 0.29) is 10.6 Å². The molecule has 8 heteroatoms. The third-order valence-electron chi connectivity index (χ3n) is 4.34. The summed E-state index contributed by atoms with van der Waals surface area (Å²) in [6.07, 6.45) is 3.54. The molecule has 1 aliphatic rings. The van der Waals surface area contributed by atoms with Crippen LogP contribution in [0.25, 0.3) is 0 Å². The summed E-state index contributed by atoms with van der Waals surface area (Å²) in [5.41, 5.74) is 0.424. The van der Waals surface area contributed by atoms with Gasteiger partial charge in [-0.1, -0.05) is 34.8 Å². The lowest BCUT2D eigenvalue weighted by atomic mass is 9.97. The quantitative estimate of drug-likeness (QED) is 0.774. The van der Waals surface area contributed by atoms with E-state index in [4.69, 9.17) is 39.5 Å². The number of aryl methyl sites for hydroxylation is 1. The van der Waals surface area contributed by atoms with Crippen molar-refractivity contribution in [2.45, 2.75) is 12.8 Å². The Morgan fingerprint density at radius 3 is 2.44 bits per heavy atom. The van der Waals surface area contributed by atoms with Crippen molar-refractivity contribution >= 4 is 40.5 Å². The van der Waals surface area contributed by atoms with Gasteiger partial charge in [0.1, 0.15) is 10.8 Å². The van der Waals surface area contributed by atoms with Crippen LogP contribution in [-0.4, -0.2) is 29.5 Å². The SMILES string of the molecule is Cn1ncc(N2CCC(COc3cc(Cl)cc(Cl)c3)CC2)c(Cl)c1=O. The van der Waals surface area contributed by atoms with Gasteiger partial charge in [0.05, 0.1) is 18.5 Å². The van der Waals surface area contributed by atoms with Crippen LogP contribution in [0.1, 0.15) is 12.8 Å². The molecule has 1 aromatic carbocycles. The van der Waals surface area contributed by atoms with Gasteiger partial charge in [-0.05, 0) is 37.0 Å². The highest BCUT2D eigenvalue weighted by Gasteiger charge is 2.23. The summed E-state index contributed by atoms with van der Waals surface area (Å²) in [5, 5.41) is 5.40. The van der Waals surface area contributed by atoms with Crippen molar-refractivity contribution in [3.63, 3.8) is 0 Å². The molecule has 0 N–H and O–H groups in total. The number of halogens is 3. The highest BCUT2D eigenvalue weighted by molar-refractivity contribution is 6.34. The topological polar surface area (TPSA) is 47.4 Å². The molecule has 1 aliphatic heterocycles. The average molecular weight is 403 g/mol. The minimum absolute atomic E-state index is 0.223. The monoisotopic (exact) mass is 401 g/mol. The van der Waals surface area contributed by atoms with Crippen molar-refractivity contribution in [3.05, 3.63) is 49.8 Å². The molecule has 0 saturated carbocycles. The first-order valence-electron chi connectivity index (χ1n) is 7.99. The first-order valence-corrected chi connectivity index (χ1v) is 9.13. The van der Waals surface area contributed by atoms with Crippen LogP contribution < -0.4 is 15.2 Å². The van der Waals surface area contributed by atoms with Gasteiger partial charge in [-0.25, -0.2) is 4.68 Å². The number of rotatable bonds is 4. The predicted octanol–water partition coefficient (Wildman–Crippen LogP) is 4.04. The summed E-state index contributed by atoms with van der Waals surface area (Å²) in [6.45, 7) is 2.21. The van der Waals surface area contributed by atoms with Crippen LogP contribution >= 0.6 is 34.8 Å². The summed E-state index contributed by atoms with van der Waals surface area (Å²) in [7, 11) is 1.59. The number of anilines is 1. The number of aromatic nitrogens is 2. The number of nitrogens with zero attached hydrogens (tertiary/aromatic N) is 3. The zero-order chi connectivity index (χ0) is 18.0. The highest BCUT2D eigenvalue weighted by Crippen LogP contribution is 2.28. The molecule has 0 atom stereocenters. The van der Waals surface area contributed by atoms with Crippen LogP contribution in [0.4, 0.5) is 5.69 Å². The second-order valence-electron chi connectivity index (χ2n) is 6.12. The fourth-order valence-electron chi connectivity index (χ4n) is 2.89. The number of hydrogen-bond acceptors (Lipinski definition) is 4. The molecule has 0 bridgehead atoms. The lowest BCUT2D eigenvalue weighted by molar-refractivity contribution is 0.223. The molecule has 1 saturated heterocycles.